The van der Waals surface area contributed by atoms with Crippen molar-refractivity contribution in [1.82, 2.24) is 10.2 Å². The van der Waals surface area contributed by atoms with Gasteiger partial charge in [-0.1, -0.05) is 18.2 Å². The number of nitrogens with zero attached hydrogens (tertiary/aromatic N) is 1. The van der Waals surface area contributed by atoms with Crippen LogP contribution in [0.25, 0.3) is 0 Å². The van der Waals surface area contributed by atoms with Crippen LogP contribution in [-0.2, 0) is 4.79 Å². The quantitative estimate of drug-likeness (QED) is 0.887. The van der Waals surface area contributed by atoms with Gasteiger partial charge < -0.3 is 20.3 Å². The molecule has 0 aliphatic carbocycles. The molecule has 1 aliphatic heterocycles. The van der Waals surface area contributed by atoms with Crippen molar-refractivity contribution in [2.75, 3.05) is 25.5 Å². The van der Waals surface area contributed by atoms with E-state index in [1.165, 1.54) is 0 Å². The predicted octanol–water partition coefficient (Wildman–Crippen LogP) is 2.79. The van der Waals surface area contributed by atoms with Crippen molar-refractivity contribution >= 4 is 23.2 Å². The number of amides is 2. The highest BCUT2D eigenvalue weighted by molar-refractivity contribution is 6.00. The van der Waals surface area contributed by atoms with Crippen molar-refractivity contribution in [1.29, 1.82) is 0 Å². The first-order valence-corrected chi connectivity index (χ1v) is 8.66. The van der Waals surface area contributed by atoms with Crippen LogP contribution in [0.15, 0.2) is 48.5 Å². The molecule has 0 spiro atoms. The number of methoxy groups -OCH3 is 1. The molecule has 2 aromatic rings. The summed E-state index contributed by atoms with van der Waals surface area (Å²) in [7, 11) is 1.62. The van der Waals surface area contributed by atoms with Crippen LogP contribution in [0.4, 0.5) is 11.4 Å². The lowest BCUT2D eigenvalue weighted by atomic mass is 10.1. The van der Waals surface area contributed by atoms with Gasteiger partial charge in [0.2, 0.25) is 5.91 Å². The molecule has 2 amide bonds. The van der Waals surface area contributed by atoms with E-state index in [-0.39, 0.29) is 17.9 Å². The first-order chi connectivity index (χ1) is 12.6. The summed E-state index contributed by atoms with van der Waals surface area (Å²) in [6, 6.07) is 14.8. The number of nitrogens with one attached hydrogen (secondary N) is 2. The number of hydrogen-bond donors (Lipinski definition) is 2. The molecule has 1 aliphatic rings. The Labute approximate surface area is 153 Å². The maximum absolute atomic E-state index is 13.1. The molecule has 6 nitrogen and oxygen atoms in total. The van der Waals surface area contributed by atoms with E-state index in [1.54, 1.807) is 18.1 Å². The molecule has 136 valence electrons. The van der Waals surface area contributed by atoms with Gasteiger partial charge in [0.1, 0.15) is 5.75 Å². The van der Waals surface area contributed by atoms with Crippen molar-refractivity contribution < 1.29 is 14.3 Å². The second kappa shape index (κ2) is 7.91. The Balaban J connectivity index is 1.86. The Morgan fingerprint density at radius 2 is 2.04 bits per heavy atom. The normalized spacial score (nSPS) is 17.2. The van der Waals surface area contributed by atoms with Crippen LogP contribution in [0.1, 0.15) is 23.7 Å². The van der Waals surface area contributed by atoms with Crippen LogP contribution in [0.5, 0.6) is 5.75 Å². The number of carbonyl (C=O) groups excluding carboxylic acids is 2. The monoisotopic (exact) mass is 353 g/mol. The zero-order chi connectivity index (χ0) is 18.5. The lowest BCUT2D eigenvalue weighted by Gasteiger charge is -2.27. The summed E-state index contributed by atoms with van der Waals surface area (Å²) in [5.74, 6) is 0.639. The Morgan fingerprint density at radius 1 is 1.23 bits per heavy atom. The molecule has 0 aromatic heterocycles. The highest BCUT2D eigenvalue weighted by Gasteiger charge is 2.27. The Kier molecular flexibility index (Phi) is 5.41. The van der Waals surface area contributed by atoms with Gasteiger partial charge in [0.05, 0.1) is 18.4 Å². The van der Waals surface area contributed by atoms with Crippen molar-refractivity contribution in [3.63, 3.8) is 0 Å². The topological polar surface area (TPSA) is 70.7 Å². The zero-order valence-electron chi connectivity index (χ0n) is 15.0. The van der Waals surface area contributed by atoms with E-state index in [0.29, 0.717) is 25.1 Å². The lowest BCUT2D eigenvalue weighted by Crippen LogP contribution is -2.39. The fraction of sp³-hybridized carbons (Fsp3) is 0.300. The first-order valence-electron chi connectivity index (χ1n) is 8.66. The molecule has 3 rings (SSSR count). The van der Waals surface area contributed by atoms with E-state index in [9.17, 15) is 9.59 Å². The van der Waals surface area contributed by atoms with Crippen LogP contribution < -0.4 is 15.4 Å². The number of para-hydroxylation sites is 1. The minimum atomic E-state index is -0.144. The average Bonchev–Trinajstić information content (AvgIpc) is 2.81. The summed E-state index contributed by atoms with van der Waals surface area (Å²) in [5.41, 5.74) is 2.14. The van der Waals surface area contributed by atoms with E-state index in [4.69, 9.17) is 4.74 Å². The molecule has 26 heavy (non-hydrogen) atoms. The molecule has 1 atom stereocenters. The molecule has 0 bridgehead atoms. The summed E-state index contributed by atoms with van der Waals surface area (Å²) < 4.78 is 5.25. The maximum atomic E-state index is 13.1. The molecule has 6 heteroatoms. The predicted molar refractivity (Wildman–Crippen MR) is 101 cm³/mol. The summed E-state index contributed by atoms with van der Waals surface area (Å²) >= 11 is 0. The third-order valence-electron chi connectivity index (χ3n) is 4.45. The van der Waals surface area contributed by atoms with Gasteiger partial charge in [-0.15, -0.1) is 0 Å². The molecule has 2 aromatic carbocycles. The van der Waals surface area contributed by atoms with E-state index in [1.807, 2.05) is 49.4 Å². The van der Waals surface area contributed by atoms with Crippen LogP contribution in [0.2, 0.25) is 0 Å². The summed E-state index contributed by atoms with van der Waals surface area (Å²) in [6.07, 6.45) is 0.317. The van der Waals surface area contributed by atoms with E-state index < -0.39 is 0 Å². The minimum Gasteiger partial charge on any atom is -0.497 e. The van der Waals surface area contributed by atoms with Crippen molar-refractivity contribution in [2.45, 2.75) is 19.4 Å². The third-order valence-corrected chi connectivity index (χ3v) is 4.45. The molecule has 1 unspecified atom stereocenters. The molecule has 1 saturated heterocycles. The number of benzene rings is 2. The molecule has 1 heterocycles. The van der Waals surface area contributed by atoms with Crippen LogP contribution in [0.3, 0.4) is 0 Å². The highest BCUT2D eigenvalue weighted by atomic mass is 16.5. The molecule has 0 saturated carbocycles. The van der Waals surface area contributed by atoms with Gasteiger partial charge in [-0.05, 0) is 31.2 Å². The van der Waals surface area contributed by atoms with E-state index >= 15 is 0 Å². The van der Waals surface area contributed by atoms with Crippen LogP contribution >= 0.6 is 0 Å². The minimum absolute atomic E-state index is 0.0180. The number of anilines is 2. The Bertz CT molecular complexity index is 806. The first kappa shape index (κ1) is 17.8. The number of ether oxygens (including phenoxy) is 1. The second-order valence-electron chi connectivity index (χ2n) is 6.30. The zero-order valence-corrected chi connectivity index (χ0v) is 15.0. The summed E-state index contributed by atoms with van der Waals surface area (Å²) in [4.78, 5) is 26.6. The molecule has 1 fully saturated rings. The summed E-state index contributed by atoms with van der Waals surface area (Å²) in [6.45, 7) is 2.88. The maximum Gasteiger partial charge on any atom is 0.256 e. The fourth-order valence-corrected chi connectivity index (χ4v) is 3.08. The highest BCUT2D eigenvalue weighted by Crippen LogP contribution is 2.25. The van der Waals surface area contributed by atoms with Gasteiger partial charge in [-0.3, -0.25) is 9.59 Å². The lowest BCUT2D eigenvalue weighted by molar-refractivity contribution is -0.121. The van der Waals surface area contributed by atoms with Gasteiger partial charge in [0.25, 0.3) is 5.91 Å². The van der Waals surface area contributed by atoms with Crippen molar-refractivity contribution in [3.05, 3.63) is 54.1 Å². The number of hydrogen-bond acceptors (Lipinski definition) is 4. The second-order valence-corrected chi connectivity index (χ2v) is 6.30. The molecule has 0 radical (unpaired) electrons. The van der Waals surface area contributed by atoms with Crippen molar-refractivity contribution in [2.24, 2.45) is 0 Å². The Hall–Kier alpha value is -3.02. The van der Waals surface area contributed by atoms with Gasteiger partial charge in [0, 0.05) is 37.3 Å². The van der Waals surface area contributed by atoms with Crippen LogP contribution in [0, 0.1) is 0 Å². The largest absolute Gasteiger partial charge is 0.497 e. The molecular formula is C20H23N3O3. The van der Waals surface area contributed by atoms with Gasteiger partial charge in [0.15, 0.2) is 0 Å². The Morgan fingerprint density at radius 3 is 2.85 bits per heavy atom. The third kappa shape index (κ3) is 3.96. The van der Waals surface area contributed by atoms with Crippen molar-refractivity contribution in [3.8, 4) is 5.75 Å². The van der Waals surface area contributed by atoms with Gasteiger partial charge in [-0.25, -0.2) is 0 Å². The molecular weight excluding hydrogens is 330 g/mol. The molecule has 2 N–H and O–H groups in total. The van der Waals surface area contributed by atoms with E-state index in [2.05, 4.69) is 10.6 Å². The number of rotatable bonds is 4. The number of carbonyl (C=O) groups is 2. The SMILES string of the molecule is COc1cccc(Nc2ccccc2C(=O)N2CCNC(=O)CC2C)c1. The smallest absolute Gasteiger partial charge is 0.256 e. The van der Waals surface area contributed by atoms with Crippen LogP contribution in [-0.4, -0.2) is 43.0 Å². The fourth-order valence-electron chi connectivity index (χ4n) is 3.08. The van der Waals surface area contributed by atoms with Gasteiger partial charge >= 0.3 is 0 Å². The standard InChI is InChI=1S/C20H23N3O3/c1-14-12-19(24)21-10-11-23(14)20(25)17-8-3-4-9-18(17)22-15-6-5-7-16(13-15)26-2/h3-9,13-14,22H,10-12H2,1-2H3,(H,21,24). The van der Waals surface area contributed by atoms with Gasteiger partial charge in [-0.2, -0.15) is 0 Å². The summed E-state index contributed by atoms with van der Waals surface area (Å²) in [5, 5.41) is 6.11. The average molecular weight is 353 g/mol. The van der Waals surface area contributed by atoms with E-state index in [0.717, 1.165) is 17.1 Å².